The SMILES string of the molecule is C=CC[C@H](NC(=O)[C@H](CCCCN)NC(=O)[C@H](CCCCN)NC(=O)[C@H](C)N)C(=O)N[C@@H](Cc1ccc(C(=O)c2ccccc2)cc1)C(=O)N[C@@H](CC(C)C)C(=O)O. The summed E-state index contributed by atoms with van der Waals surface area (Å²) in [6.45, 7) is 9.54. The summed E-state index contributed by atoms with van der Waals surface area (Å²) in [7, 11) is 0. The monoisotopic (exact) mass is 806 g/mol. The van der Waals surface area contributed by atoms with Crippen LogP contribution in [0, 0.1) is 5.92 Å². The standard InChI is InChI=1S/C42H62N8O8/c1-5-13-31(47-40(55)33(17-10-12-23-44)48-39(54)32(16-9-11-22-43)46-37(52)27(4)45)38(53)49-34(41(56)50-35(42(57)58)24-26(2)3)25-28-18-20-30(21-19-28)36(51)29-14-7-6-8-15-29/h5-8,14-15,18-21,26-27,31-35H,1,9-13,16-17,22-25,43-45H2,2-4H3,(H,46,52)(H,47,55)(H,48,54)(H,49,53)(H,50,56)(H,57,58)/t27-,31-,32-,33-,34-,35-/m0/s1. The van der Waals surface area contributed by atoms with Crippen LogP contribution in [0.15, 0.2) is 67.3 Å². The van der Waals surface area contributed by atoms with E-state index in [4.69, 9.17) is 17.2 Å². The Labute approximate surface area is 340 Å². The van der Waals surface area contributed by atoms with Gasteiger partial charge in [0.2, 0.25) is 29.5 Å². The van der Waals surface area contributed by atoms with Gasteiger partial charge in [-0.15, -0.1) is 6.58 Å². The molecule has 6 atom stereocenters. The van der Waals surface area contributed by atoms with E-state index in [2.05, 4.69) is 33.2 Å². The van der Waals surface area contributed by atoms with Crippen LogP contribution in [-0.4, -0.2) is 95.7 Å². The van der Waals surface area contributed by atoms with Crippen molar-refractivity contribution in [2.75, 3.05) is 13.1 Å². The maximum atomic E-state index is 13.9. The lowest BCUT2D eigenvalue weighted by atomic mass is 9.98. The predicted octanol–water partition coefficient (Wildman–Crippen LogP) is 1.20. The van der Waals surface area contributed by atoms with E-state index < -0.39 is 71.8 Å². The zero-order chi connectivity index (χ0) is 43.2. The van der Waals surface area contributed by atoms with Gasteiger partial charge in [0.15, 0.2) is 5.78 Å². The molecule has 2 aromatic carbocycles. The number of benzene rings is 2. The third-order valence-electron chi connectivity index (χ3n) is 9.26. The zero-order valence-corrected chi connectivity index (χ0v) is 33.8. The summed E-state index contributed by atoms with van der Waals surface area (Å²) in [6.07, 6.45) is 3.92. The number of nitrogens with one attached hydrogen (secondary N) is 5. The number of hydrogen-bond donors (Lipinski definition) is 9. The molecule has 318 valence electrons. The molecule has 0 aliphatic carbocycles. The van der Waals surface area contributed by atoms with Crippen molar-refractivity contribution in [3.05, 3.63) is 83.9 Å². The van der Waals surface area contributed by atoms with Crippen molar-refractivity contribution in [3.63, 3.8) is 0 Å². The molecule has 16 heteroatoms. The van der Waals surface area contributed by atoms with Gasteiger partial charge >= 0.3 is 5.97 Å². The normalized spacial score (nSPS) is 14.1. The van der Waals surface area contributed by atoms with E-state index in [-0.39, 0.29) is 43.8 Å². The fourth-order valence-electron chi connectivity index (χ4n) is 6.00. The van der Waals surface area contributed by atoms with E-state index in [1.807, 2.05) is 13.8 Å². The first-order chi connectivity index (χ1) is 27.6. The number of carbonyl (C=O) groups excluding carboxylic acids is 6. The molecule has 2 aromatic rings. The molecule has 0 bridgehead atoms. The summed E-state index contributed by atoms with van der Waals surface area (Å²) < 4.78 is 0. The maximum absolute atomic E-state index is 13.9. The fourth-order valence-corrected chi connectivity index (χ4v) is 6.00. The summed E-state index contributed by atoms with van der Waals surface area (Å²) in [4.78, 5) is 92.5. The molecule has 0 fully saturated rings. The number of carboxylic acids is 1. The molecule has 2 rings (SSSR count). The van der Waals surface area contributed by atoms with E-state index in [1.54, 1.807) is 54.6 Å². The molecule has 16 nitrogen and oxygen atoms in total. The van der Waals surface area contributed by atoms with E-state index in [0.29, 0.717) is 55.5 Å². The van der Waals surface area contributed by atoms with Gasteiger partial charge in [0, 0.05) is 17.5 Å². The molecule has 58 heavy (non-hydrogen) atoms. The Morgan fingerprint density at radius 1 is 0.621 bits per heavy atom. The average molecular weight is 807 g/mol. The van der Waals surface area contributed by atoms with Crippen LogP contribution in [0.4, 0.5) is 0 Å². The number of unbranched alkanes of at least 4 members (excludes halogenated alkanes) is 2. The molecule has 0 spiro atoms. The number of carboxylic acid groups (broad SMARTS) is 1. The van der Waals surface area contributed by atoms with Crippen LogP contribution in [0.5, 0.6) is 0 Å². The van der Waals surface area contributed by atoms with Crippen molar-refractivity contribution in [2.24, 2.45) is 23.1 Å². The van der Waals surface area contributed by atoms with Gasteiger partial charge in [0.25, 0.3) is 0 Å². The Balaban J connectivity index is 2.37. The molecule has 0 aliphatic heterocycles. The van der Waals surface area contributed by atoms with Gasteiger partial charge < -0.3 is 48.9 Å². The van der Waals surface area contributed by atoms with Crippen LogP contribution >= 0.6 is 0 Å². The van der Waals surface area contributed by atoms with Gasteiger partial charge in [-0.2, -0.15) is 0 Å². The number of hydrogen-bond acceptors (Lipinski definition) is 10. The highest BCUT2D eigenvalue weighted by Gasteiger charge is 2.32. The number of aliphatic carboxylic acids is 1. The summed E-state index contributed by atoms with van der Waals surface area (Å²) in [5.41, 5.74) is 18.5. The highest BCUT2D eigenvalue weighted by atomic mass is 16.4. The van der Waals surface area contributed by atoms with Gasteiger partial charge in [0.05, 0.1) is 6.04 Å². The molecule has 0 aromatic heterocycles. The first-order valence-corrected chi connectivity index (χ1v) is 19.8. The van der Waals surface area contributed by atoms with Crippen LogP contribution in [0.1, 0.15) is 93.6 Å². The predicted molar refractivity (Wildman–Crippen MR) is 221 cm³/mol. The second-order valence-electron chi connectivity index (χ2n) is 14.8. The Morgan fingerprint density at radius 3 is 1.55 bits per heavy atom. The lowest BCUT2D eigenvalue weighted by molar-refractivity contribution is -0.142. The Hall–Kier alpha value is -5.45. The highest BCUT2D eigenvalue weighted by molar-refractivity contribution is 6.09. The maximum Gasteiger partial charge on any atom is 0.326 e. The average Bonchev–Trinajstić information content (AvgIpc) is 3.19. The molecular weight excluding hydrogens is 745 g/mol. The summed E-state index contributed by atoms with van der Waals surface area (Å²) in [6, 6.07) is 8.37. The smallest absolute Gasteiger partial charge is 0.326 e. The largest absolute Gasteiger partial charge is 0.480 e. The Kier molecular flexibility index (Phi) is 21.6. The van der Waals surface area contributed by atoms with E-state index in [9.17, 15) is 38.7 Å². The van der Waals surface area contributed by atoms with Crippen molar-refractivity contribution in [3.8, 4) is 0 Å². The minimum absolute atomic E-state index is 0.0665. The summed E-state index contributed by atoms with van der Waals surface area (Å²) in [5.74, 6) is -4.92. The van der Waals surface area contributed by atoms with Crippen LogP contribution < -0.4 is 43.8 Å². The number of rotatable bonds is 27. The highest BCUT2D eigenvalue weighted by Crippen LogP contribution is 2.14. The minimum Gasteiger partial charge on any atom is -0.480 e. The van der Waals surface area contributed by atoms with Crippen LogP contribution in [0.25, 0.3) is 0 Å². The third-order valence-corrected chi connectivity index (χ3v) is 9.26. The summed E-state index contributed by atoms with van der Waals surface area (Å²) >= 11 is 0. The first-order valence-electron chi connectivity index (χ1n) is 19.8. The molecule has 12 N–H and O–H groups in total. The van der Waals surface area contributed by atoms with Gasteiger partial charge in [0.1, 0.15) is 30.2 Å². The molecule has 0 aliphatic rings. The molecule has 0 unspecified atom stereocenters. The van der Waals surface area contributed by atoms with Gasteiger partial charge in [-0.05, 0) is 82.9 Å². The van der Waals surface area contributed by atoms with Gasteiger partial charge in [-0.3, -0.25) is 28.8 Å². The van der Waals surface area contributed by atoms with Crippen molar-refractivity contribution in [1.82, 2.24) is 26.6 Å². The molecule has 0 heterocycles. The van der Waals surface area contributed by atoms with Crippen LogP contribution in [0.3, 0.4) is 0 Å². The molecule has 5 amide bonds. The van der Waals surface area contributed by atoms with Crippen molar-refractivity contribution < 1.29 is 38.7 Å². The minimum atomic E-state index is -1.30. The quantitative estimate of drug-likeness (QED) is 0.0351. The number of carbonyl (C=O) groups is 7. The Morgan fingerprint density at radius 2 is 1.07 bits per heavy atom. The van der Waals surface area contributed by atoms with E-state index in [1.165, 1.54) is 13.0 Å². The summed E-state index contributed by atoms with van der Waals surface area (Å²) in [5, 5.41) is 23.1. The second-order valence-corrected chi connectivity index (χ2v) is 14.8. The lowest BCUT2D eigenvalue weighted by Gasteiger charge is -2.27. The molecular formula is C42H62N8O8. The first kappa shape index (κ1) is 48.7. The third kappa shape index (κ3) is 17.0. The molecule has 0 saturated carbocycles. The van der Waals surface area contributed by atoms with Crippen molar-refractivity contribution >= 4 is 41.3 Å². The fraction of sp³-hybridized carbons (Fsp3) is 0.500. The topological polar surface area (TPSA) is 278 Å². The van der Waals surface area contributed by atoms with E-state index >= 15 is 0 Å². The number of ketones is 1. The van der Waals surface area contributed by atoms with E-state index in [0.717, 1.165) is 0 Å². The zero-order valence-electron chi connectivity index (χ0n) is 33.8. The van der Waals surface area contributed by atoms with Crippen LogP contribution in [0.2, 0.25) is 0 Å². The molecule has 0 radical (unpaired) electrons. The van der Waals surface area contributed by atoms with Crippen molar-refractivity contribution in [1.29, 1.82) is 0 Å². The van der Waals surface area contributed by atoms with Gasteiger partial charge in [-0.1, -0.05) is 74.5 Å². The number of amides is 5. The van der Waals surface area contributed by atoms with Gasteiger partial charge in [-0.25, -0.2) is 4.79 Å². The van der Waals surface area contributed by atoms with Crippen LogP contribution in [-0.2, 0) is 35.2 Å². The molecule has 0 saturated heterocycles. The van der Waals surface area contributed by atoms with Crippen molar-refractivity contribution in [2.45, 2.75) is 115 Å². The second kappa shape index (κ2) is 25.7. The Bertz CT molecular complexity index is 1670. The lowest BCUT2D eigenvalue weighted by Crippen LogP contribution is -2.59. The number of nitrogens with two attached hydrogens (primary N) is 3.